The van der Waals surface area contributed by atoms with Gasteiger partial charge in [0.1, 0.15) is 23.9 Å². The van der Waals surface area contributed by atoms with Crippen LogP contribution in [0.4, 0.5) is 22.0 Å². The highest BCUT2D eigenvalue weighted by Crippen LogP contribution is 2.52. The Morgan fingerprint density at radius 1 is 1.11 bits per heavy atom. The van der Waals surface area contributed by atoms with E-state index in [1.54, 1.807) is 0 Å². The van der Waals surface area contributed by atoms with E-state index in [2.05, 4.69) is 0 Å². The average molecular weight is 414 g/mol. The molecule has 0 radical (unpaired) electrons. The number of benzene rings is 2. The molecule has 2 aliphatic rings. The lowest BCUT2D eigenvalue weighted by atomic mass is 9.74. The molecule has 2 aromatic carbocycles. The molecular formula is C20H13ClF5NO. The molecule has 0 aromatic heterocycles. The molecule has 8 heteroatoms. The van der Waals surface area contributed by atoms with Gasteiger partial charge in [0.25, 0.3) is 5.92 Å². The van der Waals surface area contributed by atoms with Gasteiger partial charge in [-0.25, -0.2) is 22.0 Å². The van der Waals surface area contributed by atoms with E-state index in [-0.39, 0.29) is 46.2 Å². The van der Waals surface area contributed by atoms with Gasteiger partial charge in [0, 0.05) is 17.9 Å². The summed E-state index contributed by atoms with van der Waals surface area (Å²) in [6.07, 6.45) is -4.56. The van der Waals surface area contributed by atoms with E-state index in [1.807, 2.05) is 6.07 Å². The predicted octanol–water partition coefficient (Wildman–Crippen LogP) is 5.65. The number of aliphatic hydroxyl groups is 1. The number of hydrogen-bond donors (Lipinski definition) is 1. The summed E-state index contributed by atoms with van der Waals surface area (Å²) in [5.41, 5.74) is -0.281. The lowest BCUT2D eigenvalue weighted by Crippen LogP contribution is -2.21. The van der Waals surface area contributed by atoms with Crippen molar-refractivity contribution in [3.8, 4) is 6.07 Å². The molecule has 2 aromatic rings. The van der Waals surface area contributed by atoms with Crippen molar-refractivity contribution >= 4 is 11.6 Å². The first-order valence-electron chi connectivity index (χ1n) is 8.59. The molecule has 2 nitrogen and oxygen atoms in total. The molecule has 0 fully saturated rings. The maximum atomic E-state index is 14.4. The zero-order valence-electron chi connectivity index (χ0n) is 14.2. The van der Waals surface area contributed by atoms with Crippen LogP contribution in [0.1, 0.15) is 64.4 Å². The van der Waals surface area contributed by atoms with Gasteiger partial charge in [-0.2, -0.15) is 5.26 Å². The molecule has 0 saturated heterocycles. The Labute approximate surface area is 162 Å². The highest BCUT2D eigenvalue weighted by Gasteiger charge is 2.50. The summed E-state index contributed by atoms with van der Waals surface area (Å²) >= 11 is 5.84. The Hall–Kier alpha value is -2.17. The Morgan fingerprint density at radius 2 is 1.82 bits per heavy atom. The number of alkyl halides is 3. The summed E-state index contributed by atoms with van der Waals surface area (Å²) in [7, 11) is 0. The van der Waals surface area contributed by atoms with Crippen molar-refractivity contribution in [3.05, 3.63) is 68.2 Å². The topological polar surface area (TPSA) is 44.0 Å². The lowest BCUT2D eigenvalue weighted by molar-refractivity contribution is -0.0968. The molecule has 146 valence electrons. The minimum atomic E-state index is -3.53. The largest absolute Gasteiger partial charge is 0.382 e. The molecule has 3 atom stereocenters. The standard InChI is InChI=1S/C20H13ClF5NO/c21-18-15(24)5-11(13-6-20(25,26)19(28)17(13)18)10-1-2-14(23)12-4-9(22)3-8(7-27)16(10)12/h3-5,10,14,19,28H,1-2,6H2/t10-,14+,19+/m1/s1. The van der Waals surface area contributed by atoms with Gasteiger partial charge in [-0.1, -0.05) is 11.6 Å². The molecule has 28 heavy (non-hydrogen) atoms. The normalized spacial score (nSPS) is 25.1. The van der Waals surface area contributed by atoms with E-state index in [9.17, 15) is 32.3 Å². The van der Waals surface area contributed by atoms with Crippen LogP contribution in [0.25, 0.3) is 0 Å². The van der Waals surface area contributed by atoms with Crippen LogP contribution < -0.4 is 0 Å². The minimum absolute atomic E-state index is 0.00891. The lowest BCUT2D eigenvalue weighted by Gasteiger charge is -2.30. The molecule has 0 bridgehead atoms. The van der Waals surface area contributed by atoms with Crippen LogP contribution in [-0.2, 0) is 6.42 Å². The Kier molecular flexibility index (Phi) is 4.40. The number of rotatable bonds is 1. The molecule has 2 aliphatic carbocycles. The smallest absolute Gasteiger partial charge is 0.281 e. The molecule has 0 heterocycles. The fourth-order valence-corrected chi connectivity index (χ4v) is 4.62. The van der Waals surface area contributed by atoms with Crippen molar-refractivity contribution in [2.75, 3.05) is 0 Å². The summed E-state index contributed by atoms with van der Waals surface area (Å²) in [6.45, 7) is 0. The Morgan fingerprint density at radius 3 is 2.50 bits per heavy atom. The zero-order chi connectivity index (χ0) is 20.4. The number of halogens is 6. The second kappa shape index (κ2) is 6.43. The molecule has 4 rings (SSSR count). The van der Waals surface area contributed by atoms with Gasteiger partial charge in [0.15, 0.2) is 0 Å². The van der Waals surface area contributed by atoms with E-state index in [4.69, 9.17) is 11.6 Å². The first-order valence-corrected chi connectivity index (χ1v) is 8.97. The number of nitrogens with zero attached hydrogens (tertiary/aromatic N) is 1. The first-order chi connectivity index (χ1) is 13.2. The SMILES string of the molecule is N#Cc1cc(F)cc2c1[C@@H](c1cc(F)c(Cl)c3c1CC(F)(F)[C@H]3O)CC[C@@H]2F. The van der Waals surface area contributed by atoms with Gasteiger partial charge in [0.2, 0.25) is 0 Å². The minimum Gasteiger partial charge on any atom is -0.382 e. The van der Waals surface area contributed by atoms with Crippen molar-refractivity contribution < 1.29 is 27.1 Å². The average Bonchev–Trinajstić information content (AvgIpc) is 2.88. The van der Waals surface area contributed by atoms with Crippen LogP contribution in [0.2, 0.25) is 5.02 Å². The van der Waals surface area contributed by atoms with Gasteiger partial charge < -0.3 is 5.11 Å². The van der Waals surface area contributed by atoms with Crippen LogP contribution in [0.15, 0.2) is 18.2 Å². The van der Waals surface area contributed by atoms with Crippen LogP contribution in [-0.4, -0.2) is 11.0 Å². The van der Waals surface area contributed by atoms with Crippen molar-refractivity contribution in [2.24, 2.45) is 0 Å². The fraction of sp³-hybridized carbons (Fsp3) is 0.350. The van der Waals surface area contributed by atoms with Crippen molar-refractivity contribution in [3.63, 3.8) is 0 Å². The third-order valence-electron chi connectivity index (χ3n) is 5.56. The maximum absolute atomic E-state index is 14.4. The van der Waals surface area contributed by atoms with E-state index in [0.29, 0.717) is 0 Å². The molecule has 0 aliphatic heterocycles. The van der Waals surface area contributed by atoms with E-state index in [1.165, 1.54) is 0 Å². The zero-order valence-corrected chi connectivity index (χ0v) is 15.0. The quantitative estimate of drug-likeness (QED) is 0.614. The van der Waals surface area contributed by atoms with E-state index >= 15 is 0 Å². The number of hydrogen-bond acceptors (Lipinski definition) is 2. The molecule has 0 unspecified atom stereocenters. The van der Waals surface area contributed by atoms with Gasteiger partial charge in [0.05, 0.1) is 16.7 Å². The highest BCUT2D eigenvalue weighted by atomic mass is 35.5. The molecular weight excluding hydrogens is 401 g/mol. The second-order valence-electron chi connectivity index (χ2n) is 7.16. The van der Waals surface area contributed by atoms with Crippen molar-refractivity contribution in [1.29, 1.82) is 5.26 Å². The monoisotopic (exact) mass is 413 g/mol. The van der Waals surface area contributed by atoms with E-state index in [0.717, 1.165) is 18.2 Å². The number of fused-ring (bicyclic) bond motifs is 2. The van der Waals surface area contributed by atoms with Crippen LogP contribution in [0, 0.1) is 23.0 Å². The van der Waals surface area contributed by atoms with Crippen LogP contribution in [0.5, 0.6) is 0 Å². The second-order valence-corrected chi connectivity index (χ2v) is 7.54. The predicted molar refractivity (Wildman–Crippen MR) is 91.1 cm³/mol. The molecule has 1 N–H and O–H groups in total. The summed E-state index contributed by atoms with van der Waals surface area (Å²) in [4.78, 5) is 0. The Bertz CT molecular complexity index is 1030. The van der Waals surface area contributed by atoms with Crippen LogP contribution >= 0.6 is 11.6 Å². The first kappa shape index (κ1) is 19.2. The summed E-state index contributed by atoms with van der Waals surface area (Å²) in [6, 6.07) is 4.72. The molecule has 0 spiro atoms. The van der Waals surface area contributed by atoms with Gasteiger partial charge in [-0.15, -0.1) is 0 Å². The third-order valence-corrected chi connectivity index (χ3v) is 5.94. The maximum Gasteiger partial charge on any atom is 0.281 e. The number of nitriles is 1. The molecule has 0 amide bonds. The van der Waals surface area contributed by atoms with Crippen LogP contribution in [0.3, 0.4) is 0 Å². The summed E-state index contributed by atoms with van der Waals surface area (Å²) < 4.78 is 71.0. The van der Waals surface area contributed by atoms with Crippen molar-refractivity contribution in [2.45, 2.75) is 43.4 Å². The Balaban J connectivity index is 1.98. The van der Waals surface area contributed by atoms with Gasteiger partial charge in [-0.3, -0.25) is 0 Å². The highest BCUT2D eigenvalue weighted by molar-refractivity contribution is 6.31. The fourth-order valence-electron chi connectivity index (χ4n) is 4.34. The number of aliphatic hydroxyl groups excluding tert-OH is 1. The summed E-state index contributed by atoms with van der Waals surface area (Å²) in [5.74, 6) is -6.10. The van der Waals surface area contributed by atoms with Gasteiger partial charge >= 0.3 is 0 Å². The van der Waals surface area contributed by atoms with Gasteiger partial charge in [-0.05, 0) is 53.3 Å². The van der Waals surface area contributed by atoms with E-state index < -0.39 is 47.2 Å². The molecule has 0 saturated carbocycles. The summed E-state index contributed by atoms with van der Waals surface area (Å²) in [5, 5.41) is 18.8. The van der Waals surface area contributed by atoms with Crippen molar-refractivity contribution in [1.82, 2.24) is 0 Å². The third kappa shape index (κ3) is 2.70.